The van der Waals surface area contributed by atoms with Gasteiger partial charge in [0, 0.05) is 30.7 Å². The first-order valence-corrected chi connectivity index (χ1v) is 9.20. The number of nitrogens with two attached hydrogens (primary N) is 1. The van der Waals surface area contributed by atoms with Crippen LogP contribution in [0.2, 0.25) is 0 Å². The molecule has 0 atom stereocenters. The zero-order chi connectivity index (χ0) is 18.5. The zero-order valence-electron chi connectivity index (χ0n) is 14.2. The minimum absolute atomic E-state index is 0.109. The smallest absolute Gasteiger partial charge is 0.314 e. The van der Waals surface area contributed by atoms with E-state index < -0.39 is 6.03 Å². The molecule has 2 aromatic carbocycles. The van der Waals surface area contributed by atoms with Crippen LogP contribution in [0.25, 0.3) is 0 Å². The van der Waals surface area contributed by atoms with Crippen molar-refractivity contribution in [2.75, 3.05) is 26.2 Å². The van der Waals surface area contributed by atoms with Gasteiger partial charge < -0.3 is 20.3 Å². The van der Waals surface area contributed by atoms with Crippen molar-refractivity contribution in [2.24, 2.45) is 5.73 Å². The molecule has 0 unspecified atom stereocenters. The van der Waals surface area contributed by atoms with Gasteiger partial charge in [0.15, 0.2) is 0 Å². The fourth-order valence-electron chi connectivity index (χ4n) is 2.90. The summed E-state index contributed by atoms with van der Waals surface area (Å²) in [4.78, 5) is 27.7. The van der Waals surface area contributed by atoms with Crippen LogP contribution < -0.4 is 10.5 Å². The number of halogens is 1. The van der Waals surface area contributed by atoms with Gasteiger partial charge in [-0.25, -0.2) is 4.79 Å². The normalized spacial score (nSPS) is 14.7. The van der Waals surface area contributed by atoms with Crippen LogP contribution in [-0.2, 0) is 0 Å². The van der Waals surface area contributed by atoms with Crippen LogP contribution in [0.3, 0.4) is 0 Å². The number of amides is 3. The van der Waals surface area contributed by atoms with Crippen LogP contribution in [0.5, 0.6) is 11.5 Å². The summed E-state index contributed by atoms with van der Waals surface area (Å²) in [6.45, 7) is 2.03. The molecule has 0 spiro atoms. The van der Waals surface area contributed by atoms with Crippen molar-refractivity contribution < 1.29 is 14.3 Å². The first-order chi connectivity index (χ1) is 12.5. The zero-order valence-corrected chi connectivity index (χ0v) is 15.8. The van der Waals surface area contributed by atoms with Gasteiger partial charge in [0.05, 0.1) is 5.56 Å². The second kappa shape index (κ2) is 8.23. The SMILES string of the molecule is NC(=O)N1CCCN(C(=O)c2ccccc2Oc2cccc(Br)c2)CC1. The van der Waals surface area contributed by atoms with E-state index in [-0.39, 0.29) is 5.91 Å². The summed E-state index contributed by atoms with van der Waals surface area (Å²) in [6.07, 6.45) is 0.698. The maximum atomic E-state index is 13.0. The predicted molar refractivity (Wildman–Crippen MR) is 102 cm³/mol. The Kier molecular flexibility index (Phi) is 5.78. The van der Waals surface area contributed by atoms with Gasteiger partial charge in [0.1, 0.15) is 11.5 Å². The number of primary amides is 1. The second-order valence-electron chi connectivity index (χ2n) is 6.03. The van der Waals surface area contributed by atoms with Gasteiger partial charge in [-0.3, -0.25) is 4.79 Å². The predicted octanol–water partition coefficient (Wildman–Crippen LogP) is 3.47. The summed E-state index contributed by atoms with van der Waals surface area (Å²) >= 11 is 3.41. The Morgan fingerprint density at radius 1 is 0.962 bits per heavy atom. The minimum atomic E-state index is -0.447. The molecule has 1 aliphatic rings. The molecule has 1 heterocycles. The van der Waals surface area contributed by atoms with Gasteiger partial charge in [-0.15, -0.1) is 0 Å². The number of hydrogen-bond acceptors (Lipinski definition) is 3. The first kappa shape index (κ1) is 18.3. The highest BCUT2D eigenvalue weighted by atomic mass is 79.9. The maximum Gasteiger partial charge on any atom is 0.314 e. The molecular weight excluding hydrogens is 398 g/mol. The Morgan fingerprint density at radius 2 is 1.69 bits per heavy atom. The van der Waals surface area contributed by atoms with Crippen LogP contribution in [0.15, 0.2) is 53.0 Å². The van der Waals surface area contributed by atoms with Crippen molar-refractivity contribution in [3.05, 3.63) is 58.6 Å². The molecule has 1 fully saturated rings. The molecule has 3 rings (SSSR count). The number of carbonyl (C=O) groups is 2. The van der Waals surface area contributed by atoms with Crippen molar-refractivity contribution in [1.29, 1.82) is 0 Å². The van der Waals surface area contributed by atoms with E-state index in [4.69, 9.17) is 10.5 Å². The van der Waals surface area contributed by atoms with E-state index >= 15 is 0 Å². The molecule has 1 saturated heterocycles. The molecule has 0 saturated carbocycles. The molecule has 0 aliphatic carbocycles. The quantitative estimate of drug-likeness (QED) is 0.830. The third kappa shape index (κ3) is 4.35. The number of nitrogens with zero attached hydrogens (tertiary/aromatic N) is 2. The molecule has 26 heavy (non-hydrogen) atoms. The van der Waals surface area contributed by atoms with Gasteiger partial charge >= 0.3 is 6.03 Å². The van der Waals surface area contributed by atoms with Crippen LogP contribution >= 0.6 is 15.9 Å². The summed E-state index contributed by atoms with van der Waals surface area (Å²) in [5.41, 5.74) is 5.85. The molecule has 0 aromatic heterocycles. The van der Waals surface area contributed by atoms with E-state index in [1.807, 2.05) is 36.4 Å². The Labute approximate surface area is 160 Å². The largest absolute Gasteiger partial charge is 0.456 e. The van der Waals surface area contributed by atoms with Gasteiger partial charge in [0.25, 0.3) is 5.91 Å². The fourth-order valence-corrected chi connectivity index (χ4v) is 3.28. The Hall–Kier alpha value is -2.54. The Morgan fingerprint density at radius 3 is 2.46 bits per heavy atom. The highest BCUT2D eigenvalue weighted by Crippen LogP contribution is 2.28. The van der Waals surface area contributed by atoms with Crippen molar-refractivity contribution in [3.8, 4) is 11.5 Å². The number of urea groups is 1. The third-order valence-corrected chi connectivity index (χ3v) is 4.73. The lowest BCUT2D eigenvalue weighted by Crippen LogP contribution is -2.39. The highest BCUT2D eigenvalue weighted by molar-refractivity contribution is 9.10. The second-order valence-corrected chi connectivity index (χ2v) is 6.94. The molecule has 2 aromatic rings. The van der Waals surface area contributed by atoms with Crippen LogP contribution in [-0.4, -0.2) is 47.9 Å². The Balaban J connectivity index is 1.78. The first-order valence-electron chi connectivity index (χ1n) is 8.40. The van der Waals surface area contributed by atoms with E-state index in [0.717, 1.165) is 4.47 Å². The number of hydrogen-bond donors (Lipinski definition) is 1. The minimum Gasteiger partial charge on any atom is -0.456 e. The monoisotopic (exact) mass is 417 g/mol. The number of carbonyl (C=O) groups excluding carboxylic acids is 2. The van der Waals surface area contributed by atoms with Gasteiger partial charge in [-0.2, -0.15) is 0 Å². The number of benzene rings is 2. The molecular formula is C19H20BrN3O3. The molecule has 2 N–H and O–H groups in total. The van der Waals surface area contributed by atoms with E-state index in [1.165, 1.54) is 0 Å². The molecule has 3 amide bonds. The molecule has 136 valence electrons. The van der Waals surface area contributed by atoms with E-state index in [0.29, 0.717) is 49.7 Å². The fraction of sp³-hybridized carbons (Fsp3) is 0.263. The highest BCUT2D eigenvalue weighted by Gasteiger charge is 2.23. The average Bonchev–Trinajstić information content (AvgIpc) is 2.88. The number of ether oxygens (including phenoxy) is 1. The maximum absolute atomic E-state index is 13.0. The van der Waals surface area contributed by atoms with Crippen molar-refractivity contribution in [1.82, 2.24) is 9.80 Å². The van der Waals surface area contributed by atoms with E-state index in [9.17, 15) is 9.59 Å². The molecule has 0 bridgehead atoms. The number of rotatable bonds is 3. The number of para-hydroxylation sites is 1. The van der Waals surface area contributed by atoms with Crippen LogP contribution in [0.1, 0.15) is 16.8 Å². The summed E-state index contributed by atoms with van der Waals surface area (Å²) < 4.78 is 6.83. The topological polar surface area (TPSA) is 75.9 Å². The standard InChI is InChI=1S/C19H20BrN3O3/c20-14-5-3-6-15(13-14)26-17-8-2-1-7-16(17)18(24)22-9-4-10-23(12-11-22)19(21)25/h1-3,5-8,13H,4,9-12H2,(H2,21,25). The van der Waals surface area contributed by atoms with Gasteiger partial charge in [0.2, 0.25) is 0 Å². The van der Waals surface area contributed by atoms with Crippen LogP contribution in [0.4, 0.5) is 4.79 Å². The lowest BCUT2D eigenvalue weighted by atomic mass is 10.1. The molecule has 6 nitrogen and oxygen atoms in total. The summed E-state index contributed by atoms with van der Waals surface area (Å²) in [5.74, 6) is 1.05. The van der Waals surface area contributed by atoms with E-state index in [2.05, 4.69) is 15.9 Å². The van der Waals surface area contributed by atoms with Gasteiger partial charge in [-0.1, -0.05) is 34.1 Å². The van der Waals surface area contributed by atoms with Crippen molar-refractivity contribution in [2.45, 2.75) is 6.42 Å². The molecule has 0 radical (unpaired) electrons. The van der Waals surface area contributed by atoms with Crippen molar-refractivity contribution in [3.63, 3.8) is 0 Å². The third-order valence-electron chi connectivity index (χ3n) is 4.24. The lowest BCUT2D eigenvalue weighted by Gasteiger charge is -2.22. The molecule has 7 heteroatoms. The van der Waals surface area contributed by atoms with Crippen LogP contribution in [0, 0.1) is 0 Å². The summed E-state index contributed by atoms with van der Waals surface area (Å²) in [5, 5.41) is 0. The van der Waals surface area contributed by atoms with E-state index in [1.54, 1.807) is 21.9 Å². The summed E-state index contributed by atoms with van der Waals surface area (Å²) in [7, 11) is 0. The Bertz CT molecular complexity index is 812. The van der Waals surface area contributed by atoms with Gasteiger partial charge in [-0.05, 0) is 36.8 Å². The average molecular weight is 418 g/mol. The molecule has 1 aliphatic heterocycles. The lowest BCUT2D eigenvalue weighted by molar-refractivity contribution is 0.0760. The summed E-state index contributed by atoms with van der Waals surface area (Å²) in [6, 6.07) is 14.2. The van der Waals surface area contributed by atoms with Crippen molar-refractivity contribution >= 4 is 27.9 Å².